The Hall–Kier alpha value is -2.20. The highest BCUT2D eigenvalue weighted by atomic mass is 32.2. The summed E-state index contributed by atoms with van der Waals surface area (Å²) in [4.78, 5) is 24.0. The Labute approximate surface area is 158 Å². The Morgan fingerprint density at radius 2 is 2.00 bits per heavy atom. The van der Waals surface area contributed by atoms with Gasteiger partial charge in [0.25, 0.3) is 5.69 Å². The zero-order valence-corrected chi connectivity index (χ0v) is 16.9. The first-order valence-electron chi connectivity index (χ1n) is 8.59. The van der Waals surface area contributed by atoms with E-state index in [1.807, 2.05) is 0 Å². The molecule has 0 saturated carbocycles. The van der Waals surface area contributed by atoms with Crippen molar-refractivity contribution in [1.82, 2.24) is 9.62 Å². The van der Waals surface area contributed by atoms with Gasteiger partial charge >= 0.3 is 6.09 Å². The lowest BCUT2D eigenvalue weighted by molar-refractivity contribution is -0.385. The number of hydrogen-bond donors (Lipinski definition) is 1. The molecule has 0 unspecified atom stereocenters. The van der Waals surface area contributed by atoms with Crippen LogP contribution in [0.2, 0.25) is 0 Å². The first kappa shape index (κ1) is 21.1. The van der Waals surface area contributed by atoms with Gasteiger partial charge in [0.2, 0.25) is 10.0 Å². The quantitative estimate of drug-likeness (QED) is 0.614. The molecule has 0 spiro atoms. The third kappa shape index (κ3) is 4.95. The Balaban J connectivity index is 2.15. The number of nitro benzene ring substituents is 1. The molecule has 1 aliphatic heterocycles. The lowest BCUT2D eigenvalue weighted by atomic mass is 10.2. The van der Waals surface area contributed by atoms with Crippen molar-refractivity contribution in [1.29, 1.82) is 0 Å². The molecule has 2 rings (SSSR count). The van der Waals surface area contributed by atoms with Crippen LogP contribution in [0.4, 0.5) is 10.5 Å². The average molecular weight is 399 g/mol. The van der Waals surface area contributed by atoms with E-state index < -0.39 is 32.7 Å². The van der Waals surface area contributed by atoms with Crippen molar-refractivity contribution in [3.8, 4) is 0 Å². The van der Waals surface area contributed by atoms with Gasteiger partial charge in [0.1, 0.15) is 5.60 Å². The van der Waals surface area contributed by atoms with E-state index in [2.05, 4.69) is 4.72 Å². The smallest absolute Gasteiger partial charge is 0.410 e. The van der Waals surface area contributed by atoms with Gasteiger partial charge in [0, 0.05) is 30.8 Å². The minimum atomic E-state index is -3.89. The number of nitrogens with zero attached hydrogens (tertiary/aromatic N) is 2. The van der Waals surface area contributed by atoms with Crippen molar-refractivity contribution in [2.75, 3.05) is 6.54 Å². The summed E-state index contributed by atoms with van der Waals surface area (Å²) in [6.45, 7) is 8.94. The topological polar surface area (TPSA) is 119 Å². The Morgan fingerprint density at radius 3 is 2.52 bits per heavy atom. The molecular formula is C17H25N3O6S. The number of rotatable bonds is 4. The van der Waals surface area contributed by atoms with E-state index in [-0.39, 0.29) is 22.2 Å². The van der Waals surface area contributed by atoms with Crippen LogP contribution in [0.15, 0.2) is 23.1 Å². The van der Waals surface area contributed by atoms with Gasteiger partial charge in [-0.25, -0.2) is 17.9 Å². The van der Waals surface area contributed by atoms with Crippen LogP contribution in [0.1, 0.15) is 39.7 Å². The molecule has 1 aliphatic rings. The number of non-ortho nitro benzene ring substituents is 1. The molecule has 1 heterocycles. The predicted octanol–water partition coefficient (Wildman–Crippen LogP) is 2.58. The number of ether oxygens (including phenoxy) is 1. The molecule has 27 heavy (non-hydrogen) atoms. The molecule has 9 nitrogen and oxygen atoms in total. The number of nitro groups is 1. The van der Waals surface area contributed by atoms with E-state index in [9.17, 15) is 23.3 Å². The number of amides is 1. The Kier molecular flexibility index (Phi) is 5.81. The van der Waals surface area contributed by atoms with Crippen LogP contribution >= 0.6 is 0 Å². The van der Waals surface area contributed by atoms with E-state index >= 15 is 0 Å². The fourth-order valence-corrected chi connectivity index (χ4v) is 4.56. The minimum Gasteiger partial charge on any atom is -0.444 e. The van der Waals surface area contributed by atoms with Crippen molar-refractivity contribution in [3.63, 3.8) is 0 Å². The normalized spacial score (nSPS) is 20.6. The van der Waals surface area contributed by atoms with Crippen LogP contribution in [-0.2, 0) is 14.8 Å². The monoisotopic (exact) mass is 399 g/mol. The molecule has 10 heteroatoms. The molecule has 1 fully saturated rings. The summed E-state index contributed by atoms with van der Waals surface area (Å²) in [6.07, 6.45) is -0.0331. The molecule has 1 aromatic carbocycles. The largest absolute Gasteiger partial charge is 0.444 e. The van der Waals surface area contributed by atoms with Crippen molar-refractivity contribution in [2.24, 2.45) is 0 Å². The van der Waals surface area contributed by atoms with Gasteiger partial charge < -0.3 is 9.64 Å². The molecule has 0 aromatic heterocycles. The third-order valence-electron chi connectivity index (χ3n) is 4.35. The first-order valence-corrected chi connectivity index (χ1v) is 10.1. The predicted molar refractivity (Wildman–Crippen MR) is 99.0 cm³/mol. The zero-order chi connectivity index (χ0) is 20.6. The Morgan fingerprint density at radius 1 is 1.37 bits per heavy atom. The van der Waals surface area contributed by atoms with Crippen LogP contribution in [0.5, 0.6) is 0 Å². The third-order valence-corrected chi connectivity index (χ3v) is 6.00. The highest BCUT2D eigenvalue weighted by molar-refractivity contribution is 7.89. The van der Waals surface area contributed by atoms with Crippen LogP contribution in [-0.4, -0.2) is 48.6 Å². The molecule has 2 atom stereocenters. The maximum atomic E-state index is 12.7. The van der Waals surface area contributed by atoms with Crippen LogP contribution in [0.3, 0.4) is 0 Å². The molecule has 1 saturated heterocycles. The van der Waals surface area contributed by atoms with E-state index in [4.69, 9.17) is 4.74 Å². The van der Waals surface area contributed by atoms with E-state index in [0.717, 1.165) is 6.07 Å². The molecule has 1 N–H and O–H groups in total. The minimum absolute atomic E-state index is 0.0176. The first-order chi connectivity index (χ1) is 12.3. The van der Waals surface area contributed by atoms with E-state index in [1.54, 1.807) is 27.7 Å². The molecule has 1 aromatic rings. The second-order valence-electron chi connectivity index (χ2n) is 7.64. The highest BCUT2D eigenvalue weighted by Crippen LogP contribution is 2.25. The van der Waals surface area contributed by atoms with Gasteiger partial charge in [-0.3, -0.25) is 10.1 Å². The summed E-state index contributed by atoms with van der Waals surface area (Å²) in [5.74, 6) is 0. The molecule has 1 amide bonds. The summed E-state index contributed by atoms with van der Waals surface area (Å²) >= 11 is 0. The molecule has 0 bridgehead atoms. The highest BCUT2D eigenvalue weighted by Gasteiger charge is 2.38. The maximum Gasteiger partial charge on any atom is 0.410 e. The van der Waals surface area contributed by atoms with Gasteiger partial charge in [0.05, 0.1) is 9.82 Å². The molecule has 150 valence electrons. The lowest BCUT2D eigenvalue weighted by Crippen LogP contribution is -2.46. The lowest BCUT2D eigenvalue weighted by Gasteiger charge is -2.28. The number of hydrogen-bond acceptors (Lipinski definition) is 6. The number of carbonyl (C=O) groups is 1. The van der Waals surface area contributed by atoms with E-state index in [0.29, 0.717) is 13.0 Å². The van der Waals surface area contributed by atoms with Crippen LogP contribution in [0.25, 0.3) is 0 Å². The second-order valence-corrected chi connectivity index (χ2v) is 9.32. The summed E-state index contributed by atoms with van der Waals surface area (Å²) in [5, 5.41) is 10.8. The Bertz CT molecular complexity index is 847. The fourth-order valence-electron chi connectivity index (χ4n) is 2.99. The van der Waals surface area contributed by atoms with Crippen molar-refractivity contribution in [2.45, 2.75) is 63.6 Å². The summed E-state index contributed by atoms with van der Waals surface area (Å²) in [6, 6.07) is 2.75. The number of nitrogens with one attached hydrogen (secondary N) is 1. The van der Waals surface area contributed by atoms with Crippen LogP contribution in [0, 0.1) is 17.0 Å². The summed E-state index contributed by atoms with van der Waals surface area (Å²) in [5.41, 5.74) is -0.521. The fraction of sp³-hybridized carbons (Fsp3) is 0.588. The zero-order valence-electron chi connectivity index (χ0n) is 16.1. The summed E-state index contributed by atoms with van der Waals surface area (Å²) < 4.78 is 33.4. The second kappa shape index (κ2) is 7.43. The molecule has 0 radical (unpaired) electrons. The number of carbonyl (C=O) groups excluding carboxylic acids is 1. The number of benzene rings is 1. The standard InChI is InChI=1S/C17H25N3O6S/c1-11-10-13(20(22)23)6-7-15(11)27(24,25)18-14-8-9-19(12(14)2)16(21)26-17(3,4)5/h6-7,10,12,14,18H,8-9H2,1-5H3/t12-,14-/m0/s1. The van der Waals surface area contributed by atoms with Gasteiger partial charge in [0.15, 0.2) is 0 Å². The van der Waals surface area contributed by atoms with E-state index in [1.165, 1.54) is 24.0 Å². The summed E-state index contributed by atoms with van der Waals surface area (Å²) in [7, 11) is -3.89. The van der Waals surface area contributed by atoms with Gasteiger partial charge in [-0.2, -0.15) is 0 Å². The van der Waals surface area contributed by atoms with Gasteiger partial charge in [-0.1, -0.05) is 0 Å². The maximum absolute atomic E-state index is 12.7. The number of likely N-dealkylation sites (tertiary alicyclic amines) is 1. The van der Waals surface area contributed by atoms with Crippen LogP contribution < -0.4 is 4.72 Å². The van der Waals surface area contributed by atoms with Crippen molar-refractivity contribution >= 4 is 21.8 Å². The molecular weight excluding hydrogens is 374 g/mol. The van der Waals surface area contributed by atoms with Gasteiger partial charge in [-0.15, -0.1) is 0 Å². The number of sulfonamides is 1. The number of aryl methyl sites for hydroxylation is 1. The van der Waals surface area contributed by atoms with Crippen molar-refractivity contribution < 1.29 is 22.9 Å². The van der Waals surface area contributed by atoms with Gasteiger partial charge in [-0.05, 0) is 52.7 Å². The van der Waals surface area contributed by atoms with Crippen molar-refractivity contribution in [3.05, 3.63) is 33.9 Å². The average Bonchev–Trinajstić information content (AvgIpc) is 2.85. The molecule has 0 aliphatic carbocycles. The SMILES string of the molecule is Cc1cc([N+](=O)[O-])ccc1S(=O)(=O)N[C@H]1CCN(C(=O)OC(C)(C)C)[C@H]1C.